The van der Waals surface area contributed by atoms with E-state index in [9.17, 15) is 4.79 Å². The van der Waals surface area contributed by atoms with E-state index in [1.54, 1.807) is 13.2 Å². The zero-order chi connectivity index (χ0) is 14.7. The molecule has 2 bridgehead atoms. The van der Waals surface area contributed by atoms with Crippen LogP contribution in [-0.2, 0) is 4.79 Å². The van der Waals surface area contributed by atoms with Gasteiger partial charge in [-0.05, 0) is 31.4 Å². The molecule has 3 rings (SSSR count). The van der Waals surface area contributed by atoms with Crippen molar-refractivity contribution in [3.8, 4) is 11.5 Å². The third-order valence-corrected chi connectivity index (χ3v) is 4.28. The topological polar surface area (TPSA) is 50.8 Å². The number of benzene rings is 1. The smallest absolute Gasteiger partial charge is 0.260 e. The number of carbonyl (C=O) groups is 1. The number of ether oxygens (including phenoxy) is 2. The summed E-state index contributed by atoms with van der Waals surface area (Å²) in [6.45, 7) is 1.72. The van der Waals surface area contributed by atoms with Crippen LogP contribution in [-0.4, -0.2) is 49.7 Å². The van der Waals surface area contributed by atoms with Crippen molar-refractivity contribution in [2.75, 3.05) is 26.8 Å². The van der Waals surface area contributed by atoms with Gasteiger partial charge in [0.1, 0.15) is 11.5 Å². The maximum atomic E-state index is 12.3. The SMILES string of the molecule is COc1cccc(OCC(=O)N2CCC3CCC(C2)N3)c1. The highest BCUT2D eigenvalue weighted by molar-refractivity contribution is 5.77. The number of methoxy groups -OCH3 is 1. The number of nitrogens with zero attached hydrogens (tertiary/aromatic N) is 1. The molecule has 1 aromatic rings. The highest BCUT2D eigenvalue weighted by Gasteiger charge is 2.31. The van der Waals surface area contributed by atoms with E-state index in [1.807, 2.05) is 23.1 Å². The lowest BCUT2D eigenvalue weighted by Crippen LogP contribution is -2.41. The van der Waals surface area contributed by atoms with Crippen molar-refractivity contribution in [2.24, 2.45) is 0 Å². The molecular formula is C16H22N2O3. The first-order valence-corrected chi connectivity index (χ1v) is 7.55. The summed E-state index contributed by atoms with van der Waals surface area (Å²) >= 11 is 0. The zero-order valence-electron chi connectivity index (χ0n) is 12.4. The third kappa shape index (κ3) is 3.47. The third-order valence-electron chi connectivity index (χ3n) is 4.28. The Morgan fingerprint density at radius 3 is 2.95 bits per heavy atom. The molecule has 0 aromatic heterocycles. The molecule has 2 fully saturated rings. The summed E-state index contributed by atoms with van der Waals surface area (Å²) in [4.78, 5) is 14.2. The van der Waals surface area contributed by atoms with Crippen molar-refractivity contribution in [1.29, 1.82) is 0 Å². The first kappa shape index (κ1) is 14.2. The monoisotopic (exact) mass is 290 g/mol. The average Bonchev–Trinajstić information content (AvgIpc) is 2.84. The van der Waals surface area contributed by atoms with Gasteiger partial charge in [-0.3, -0.25) is 4.79 Å². The van der Waals surface area contributed by atoms with Crippen LogP contribution >= 0.6 is 0 Å². The summed E-state index contributed by atoms with van der Waals surface area (Å²) in [5, 5.41) is 3.58. The fourth-order valence-corrected chi connectivity index (χ4v) is 3.10. The predicted molar refractivity (Wildman–Crippen MR) is 79.6 cm³/mol. The van der Waals surface area contributed by atoms with Crippen LogP contribution in [0.1, 0.15) is 19.3 Å². The Labute approximate surface area is 125 Å². The van der Waals surface area contributed by atoms with Gasteiger partial charge in [-0.25, -0.2) is 0 Å². The van der Waals surface area contributed by atoms with E-state index in [0.29, 0.717) is 17.8 Å². The number of hydrogen-bond donors (Lipinski definition) is 1. The van der Waals surface area contributed by atoms with Crippen molar-refractivity contribution < 1.29 is 14.3 Å². The Balaban J connectivity index is 1.53. The number of likely N-dealkylation sites (tertiary alicyclic amines) is 1. The largest absolute Gasteiger partial charge is 0.497 e. The standard InChI is InChI=1S/C16H22N2O3/c1-20-14-3-2-4-15(9-14)21-11-16(19)18-8-7-12-5-6-13(10-18)17-12/h2-4,9,12-13,17H,5-8,10-11H2,1H3. The molecule has 2 saturated heterocycles. The Kier molecular flexibility index (Phi) is 4.29. The van der Waals surface area contributed by atoms with Gasteiger partial charge < -0.3 is 19.7 Å². The molecule has 2 heterocycles. The van der Waals surface area contributed by atoms with E-state index in [2.05, 4.69) is 5.32 Å². The number of carbonyl (C=O) groups excluding carboxylic acids is 1. The van der Waals surface area contributed by atoms with E-state index < -0.39 is 0 Å². The van der Waals surface area contributed by atoms with Gasteiger partial charge in [-0.2, -0.15) is 0 Å². The zero-order valence-corrected chi connectivity index (χ0v) is 12.4. The molecule has 2 atom stereocenters. The van der Waals surface area contributed by atoms with Gasteiger partial charge in [0, 0.05) is 31.2 Å². The average molecular weight is 290 g/mol. The van der Waals surface area contributed by atoms with Crippen molar-refractivity contribution in [1.82, 2.24) is 10.2 Å². The van der Waals surface area contributed by atoms with E-state index in [1.165, 1.54) is 12.8 Å². The molecule has 0 radical (unpaired) electrons. The lowest BCUT2D eigenvalue weighted by Gasteiger charge is -2.24. The molecule has 5 nitrogen and oxygen atoms in total. The van der Waals surface area contributed by atoms with E-state index in [-0.39, 0.29) is 12.5 Å². The van der Waals surface area contributed by atoms with Crippen LogP contribution in [0.15, 0.2) is 24.3 Å². The number of nitrogens with one attached hydrogen (secondary N) is 1. The van der Waals surface area contributed by atoms with Gasteiger partial charge in [0.25, 0.3) is 5.91 Å². The minimum Gasteiger partial charge on any atom is -0.497 e. The molecule has 5 heteroatoms. The molecule has 114 valence electrons. The van der Waals surface area contributed by atoms with Crippen molar-refractivity contribution in [2.45, 2.75) is 31.3 Å². The summed E-state index contributed by atoms with van der Waals surface area (Å²) in [5.41, 5.74) is 0. The van der Waals surface area contributed by atoms with Crippen LogP contribution in [0.4, 0.5) is 0 Å². The molecule has 2 aliphatic heterocycles. The first-order valence-electron chi connectivity index (χ1n) is 7.55. The summed E-state index contributed by atoms with van der Waals surface area (Å²) in [5.74, 6) is 1.46. The number of rotatable bonds is 4. The molecule has 0 saturated carbocycles. The Hall–Kier alpha value is -1.75. The second-order valence-corrected chi connectivity index (χ2v) is 5.73. The van der Waals surface area contributed by atoms with E-state index >= 15 is 0 Å². The molecule has 2 aliphatic rings. The van der Waals surface area contributed by atoms with Gasteiger partial charge in [0.15, 0.2) is 6.61 Å². The van der Waals surface area contributed by atoms with Gasteiger partial charge in [-0.1, -0.05) is 6.07 Å². The summed E-state index contributed by atoms with van der Waals surface area (Å²) < 4.78 is 10.7. The van der Waals surface area contributed by atoms with Gasteiger partial charge in [0.2, 0.25) is 0 Å². The lowest BCUT2D eigenvalue weighted by molar-refractivity contribution is -0.133. The van der Waals surface area contributed by atoms with Gasteiger partial charge >= 0.3 is 0 Å². The normalized spacial score (nSPS) is 24.5. The molecule has 1 N–H and O–H groups in total. The minimum absolute atomic E-state index is 0.0622. The number of hydrogen-bond acceptors (Lipinski definition) is 4. The minimum atomic E-state index is 0.0622. The number of amides is 1. The highest BCUT2D eigenvalue weighted by atomic mass is 16.5. The van der Waals surface area contributed by atoms with Crippen molar-refractivity contribution in [3.63, 3.8) is 0 Å². The fourth-order valence-electron chi connectivity index (χ4n) is 3.10. The van der Waals surface area contributed by atoms with Crippen LogP contribution in [0.2, 0.25) is 0 Å². The molecular weight excluding hydrogens is 268 g/mol. The Morgan fingerprint density at radius 2 is 2.10 bits per heavy atom. The molecule has 0 spiro atoms. The van der Waals surface area contributed by atoms with Crippen LogP contribution in [0.3, 0.4) is 0 Å². The van der Waals surface area contributed by atoms with Gasteiger partial charge in [-0.15, -0.1) is 0 Å². The van der Waals surface area contributed by atoms with Crippen molar-refractivity contribution in [3.05, 3.63) is 24.3 Å². The maximum Gasteiger partial charge on any atom is 0.260 e. The molecule has 1 amide bonds. The fraction of sp³-hybridized carbons (Fsp3) is 0.562. The van der Waals surface area contributed by atoms with Crippen molar-refractivity contribution >= 4 is 5.91 Å². The summed E-state index contributed by atoms with van der Waals surface area (Å²) in [6.07, 6.45) is 3.46. The van der Waals surface area contributed by atoms with Crippen LogP contribution in [0.25, 0.3) is 0 Å². The van der Waals surface area contributed by atoms with Gasteiger partial charge in [0.05, 0.1) is 7.11 Å². The Bertz CT molecular complexity index is 506. The van der Waals surface area contributed by atoms with E-state index in [0.717, 1.165) is 25.3 Å². The molecule has 21 heavy (non-hydrogen) atoms. The molecule has 2 unspecified atom stereocenters. The van der Waals surface area contributed by atoms with Crippen LogP contribution in [0.5, 0.6) is 11.5 Å². The van der Waals surface area contributed by atoms with Crippen LogP contribution < -0.4 is 14.8 Å². The summed E-state index contributed by atoms with van der Waals surface area (Å²) in [7, 11) is 1.61. The Morgan fingerprint density at radius 1 is 1.29 bits per heavy atom. The molecule has 1 aromatic carbocycles. The van der Waals surface area contributed by atoms with E-state index in [4.69, 9.17) is 9.47 Å². The highest BCUT2D eigenvalue weighted by Crippen LogP contribution is 2.21. The first-order chi connectivity index (χ1) is 10.2. The second-order valence-electron chi connectivity index (χ2n) is 5.73. The molecule has 0 aliphatic carbocycles. The lowest BCUT2D eigenvalue weighted by atomic mass is 10.1. The van der Waals surface area contributed by atoms with Crippen LogP contribution in [0, 0.1) is 0 Å². The quantitative estimate of drug-likeness (QED) is 0.911. The summed E-state index contributed by atoms with van der Waals surface area (Å²) in [6, 6.07) is 8.38. The second kappa shape index (κ2) is 6.35. The predicted octanol–water partition coefficient (Wildman–Crippen LogP) is 1.43. The number of fused-ring (bicyclic) bond motifs is 2. The maximum absolute atomic E-state index is 12.3.